The second-order valence-electron chi connectivity index (χ2n) is 5.85. The lowest BCUT2D eigenvalue weighted by atomic mass is 10.0. The van der Waals surface area contributed by atoms with E-state index in [-0.39, 0.29) is 17.7 Å². The molecule has 7 heteroatoms. The highest BCUT2D eigenvalue weighted by Gasteiger charge is 2.34. The van der Waals surface area contributed by atoms with Crippen LogP contribution in [-0.4, -0.2) is 20.9 Å². The largest absolute Gasteiger partial charge is 0.372 e. The molecule has 4 rings (SSSR count). The highest BCUT2D eigenvalue weighted by atomic mass is 19.1. The Morgan fingerprint density at radius 1 is 1.25 bits per heavy atom. The van der Waals surface area contributed by atoms with Crippen LogP contribution in [0, 0.1) is 15.9 Å². The van der Waals surface area contributed by atoms with Crippen molar-refractivity contribution >= 4 is 17.3 Å². The SMILES string of the molecule is O=[N+]([O-])c1c(N2CCCC2c2cccc(F)c2)nc2ccccn12. The van der Waals surface area contributed by atoms with Gasteiger partial charge in [-0.2, -0.15) is 9.38 Å². The predicted molar refractivity (Wildman–Crippen MR) is 87.6 cm³/mol. The number of hydrogen-bond donors (Lipinski definition) is 0. The molecule has 3 heterocycles. The maximum absolute atomic E-state index is 13.6. The molecule has 24 heavy (non-hydrogen) atoms. The van der Waals surface area contributed by atoms with Crippen molar-refractivity contribution < 1.29 is 9.31 Å². The number of fused-ring (bicyclic) bond motifs is 1. The topological polar surface area (TPSA) is 63.7 Å². The van der Waals surface area contributed by atoms with Crippen LogP contribution in [0.4, 0.5) is 16.0 Å². The Bertz CT molecular complexity index is 924. The van der Waals surface area contributed by atoms with Crippen LogP contribution in [0.5, 0.6) is 0 Å². The summed E-state index contributed by atoms with van der Waals surface area (Å²) in [6.45, 7) is 0.659. The number of hydrogen-bond acceptors (Lipinski definition) is 4. The maximum atomic E-state index is 13.6. The molecule has 1 aromatic carbocycles. The molecule has 0 spiro atoms. The molecular weight excluding hydrogens is 311 g/mol. The third kappa shape index (κ3) is 2.29. The van der Waals surface area contributed by atoms with E-state index < -0.39 is 4.92 Å². The molecule has 1 aliphatic heterocycles. The minimum atomic E-state index is -0.406. The van der Waals surface area contributed by atoms with Crippen molar-refractivity contribution in [3.8, 4) is 0 Å². The van der Waals surface area contributed by atoms with Gasteiger partial charge >= 0.3 is 5.82 Å². The number of aromatic nitrogens is 2. The van der Waals surface area contributed by atoms with Crippen LogP contribution >= 0.6 is 0 Å². The number of imidazole rings is 1. The lowest BCUT2D eigenvalue weighted by Crippen LogP contribution is -2.23. The smallest absolute Gasteiger partial charge is 0.358 e. The molecule has 0 amide bonds. The van der Waals surface area contributed by atoms with E-state index >= 15 is 0 Å². The Labute approximate surface area is 137 Å². The van der Waals surface area contributed by atoms with Crippen molar-refractivity contribution in [3.05, 3.63) is 70.2 Å². The molecule has 0 N–H and O–H groups in total. The van der Waals surface area contributed by atoms with Gasteiger partial charge < -0.3 is 15.0 Å². The summed E-state index contributed by atoms with van der Waals surface area (Å²) >= 11 is 0. The molecule has 1 fully saturated rings. The predicted octanol–water partition coefficient (Wildman–Crippen LogP) is 3.72. The molecule has 1 aliphatic rings. The lowest BCUT2D eigenvalue weighted by Gasteiger charge is -2.24. The van der Waals surface area contributed by atoms with E-state index in [9.17, 15) is 14.5 Å². The summed E-state index contributed by atoms with van der Waals surface area (Å²) in [6, 6.07) is 11.6. The van der Waals surface area contributed by atoms with Gasteiger partial charge in [-0.25, -0.2) is 4.39 Å². The Kier molecular flexibility index (Phi) is 3.41. The summed E-state index contributed by atoms with van der Waals surface area (Å²) < 4.78 is 15.1. The second-order valence-corrected chi connectivity index (χ2v) is 5.85. The molecular formula is C17H15FN4O2. The number of nitro groups is 1. The maximum Gasteiger partial charge on any atom is 0.372 e. The number of halogens is 1. The first-order valence-corrected chi connectivity index (χ1v) is 7.79. The van der Waals surface area contributed by atoms with E-state index in [2.05, 4.69) is 4.98 Å². The van der Waals surface area contributed by atoms with Crippen molar-refractivity contribution in [1.29, 1.82) is 0 Å². The zero-order valence-corrected chi connectivity index (χ0v) is 12.8. The van der Waals surface area contributed by atoms with Gasteiger partial charge in [0.2, 0.25) is 11.5 Å². The fraction of sp³-hybridized carbons (Fsp3) is 0.235. The summed E-state index contributed by atoms with van der Waals surface area (Å²) in [5.74, 6) is -0.00397. The van der Waals surface area contributed by atoms with Crippen molar-refractivity contribution in [3.63, 3.8) is 0 Å². The third-order valence-electron chi connectivity index (χ3n) is 4.42. The van der Waals surface area contributed by atoms with Crippen molar-refractivity contribution in [2.24, 2.45) is 0 Å². The number of anilines is 1. The normalized spacial score (nSPS) is 17.5. The van der Waals surface area contributed by atoms with Gasteiger partial charge in [-0.15, -0.1) is 0 Å². The van der Waals surface area contributed by atoms with E-state index in [0.717, 1.165) is 18.4 Å². The van der Waals surface area contributed by atoms with Crippen LogP contribution in [0.1, 0.15) is 24.4 Å². The molecule has 6 nitrogen and oxygen atoms in total. The Morgan fingerprint density at radius 3 is 2.92 bits per heavy atom. The molecule has 3 aromatic rings. The van der Waals surface area contributed by atoms with E-state index in [4.69, 9.17) is 0 Å². The lowest BCUT2D eigenvalue weighted by molar-refractivity contribution is -0.389. The highest BCUT2D eigenvalue weighted by molar-refractivity contribution is 5.64. The summed E-state index contributed by atoms with van der Waals surface area (Å²) in [4.78, 5) is 17.6. The minimum absolute atomic E-state index is 0.0473. The average Bonchev–Trinajstić information content (AvgIpc) is 3.19. The van der Waals surface area contributed by atoms with Crippen LogP contribution in [0.2, 0.25) is 0 Å². The first-order chi connectivity index (χ1) is 11.6. The van der Waals surface area contributed by atoms with Crippen LogP contribution in [0.25, 0.3) is 5.65 Å². The first-order valence-electron chi connectivity index (χ1n) is 7.79. The van der Waals surface area contributed by atoms with Crippen LogP contribution in [-0.2, 0) is 0 Å². The van der Waals surface area contributed by atoms with E-state index in [0.29, 0.717) is 18.0 Å². The molecule has 0 aliphatic carbocycles. The minimum Gasteiger partial charge on any atom is -0.358 e. The number of benzene rings is 1. The highest BCUT2D eigenvalue weighted by Crippen LogP contribution is 2.40. The Hall–Kier alpha value is -2.96. The zero-order valence-electron chi connectivity index (χ0n) is 12.8. The molecule has 122 valence electrons. The number of nitrogens with zero attached hydrogens (tertiary/aromatic N) is 4. The molecule has 0 radical (unpaired) electrons. The molecule has 2 aromatic heterocycles. The van der Waals surface area contributed by atoms with Gasteiger partial charge in [0, 0.05) is 12.6 Å². The third-order valence-corrected chi connectivity index (χ3v) is 4.42. The van der Waals surface area contributed by atoms with Gasteiger partial charge in [-0.3, -0.25) is 0 Å². The van der Waals surface area contributed by atoms with E-state index in [1.807, 2.05) is 11.0 Å². The zero-order chi connectivity index (χ0) is 16.7. The fourth-order valence-electron chi connectivity index (χ4n) is 3.41. The van der Waals surface area contributed by atoms with Gasteiger partial charge in [0.25, 0.3) is 0 Å². The first kappa shape index (κ1) is 14.6. The van der Waals surface area contributed by atoms with Crippen molar-refractivity contribution in [1.82, 2.24) is 9.38 Å². The van der Waals surface area contributed by atoms with Gasteiger partial charge in [-0.05, 0) is 41.5 Å². The van der Waals surface area contributed by atoms with Crippen molar-refractivity contribution in [2.45, 2.75) is 18.9 Å². The van der Waals surface area contributed by atoms with Gasteiger partial charge in [0.1, 0.15) is 5.82 Å². The summed E-state index contributed by atoms with van der Waals surface area (Å²) in [5, 5.41) is 11.6. The van der Waals surface area contributed by atoms with Gasteiger partial charge in [-0.1, -0.05) is 18.2 Å². The summed E-state index contributed by atoms with van der Waals surface area (Å²) in [6.07, 6.45) is 3.33. The van der Waals surface area contributed by atoms with Crippen LogP contribution in [0.15, 0.2) is 48.7 Å². The molecule has 1 saturated heterocycles. The van der Waals surface area contributed by atoms with E-state index in [1.165, 1.54) is 16.5 Å². The summed E-state index contributed by atoms with van der Waals surface area (Å²) in [7, 11) is 0. The van der Waals surface area contributed by atoms with E-state index in [1.54, 1.807) is 30.5 Å². The van der Waals surface area contributed by atoms with Gasteiger partial charge in [0.05, 0.1) is 12.2 Å². The standard InChI is InChI=1S/C17H15FN4O2/c18-13-6-3-5-12(11-13)14-7-4-10-20(14)16-17(22(23)24)21-9-2-1-8-15(21)19-16/h1-3,5-6,8-9,11,14H,4,7,10H2. The Balaban J connectivity index is 1.84. The number of pyridine rings is 1. The molecule has 1 atom stereocenters. The van der Waals surface area contributed by atoms with Crippen molar-refractivity contribution in [2.75, 3.05) is 11.4 Å². The Morgan fingerprint density at radius 2 is 2.12 bits per heavy atom. The average molecular weight is 326 g/mol. The van der Waals surface area contributed by atoms with Crippen LogP contribution in [0.3, 0.4) is 0 Å². The molecule has 1 unspecified atom stereocenters. The number of rotatable bonds is 3. The van der Waals surface area contributed by atoms with Crippen LogP contribution < -0.4 is 4.90 Å². The molecule has 0 bridgehead atoms. The fourth-order valence-corrected chi connectivity index (χ4v) is 3.41. The second kappa shape index (κ2) is 5.59. The molecule has 0 saturated carbocycles. The monoisotopic (exact) mass is 326 g/mol. The summed E-state index contributed by atoms with van der Waals surface area (Å²) in [5.41, 5.74) is 1.35. The van der Waals surface area contributed by atoms with Gasteiger partial charge in [0.15, 0.2) is 0 Å². The quantitative estimate of drug-likeness (QED) is 0.543.